The zero-order valence-corrected chi connectivity index (χ0v) is 10.2. The maximum Gasteiger partial charge on any atom is 0.223 e. The minimum atomic E-state index is -1.17. The molecule has 0 saturated heterocycles. The molecule has 0 aliphatic heterocycles. The van der Waals surface area contributed by atoms with Gasteiger partial charge in [-0.3, -0.25) is 15.1 Å². The van der Waals surface area contributed by atoms with Crippen LogP contribution in [0.5, 0.6) is 0 Å². The molecule has 0 saturated carbocycles. The van der Waals surface area contributed by atoms with Crippen molar-refractivity contribution in [1.82, 2.24) is 4.98 Å². The van der Waals surface area contributed by atoms with E-state index < -0.39 is 11.5 Å². The lowest BCUT2D eigenvalue weighted by molar-refractivity contribution is -0.565. The van der Waals surface area contributed by atoms with Crippen molar-refractivity contribution in [2.24, 2.45) is 0 Å². The molecule has 5 heteroatoms. The molecule has 0 radical (unpaired) electrons. The Morgan fingerprint density at radius 2 is 2.00 bits per heavy atom. The van der Waals surface area contributed by atoms with Crippen LogP contribution in [0.1, 0.15) is 38.7 Å². The molecule has 0 amide bonds. The highest BCUT2D eigenvalue weighted by atomic mass is 16.6. The van der Waals surface area contributed by atoms with Crippen molar-refractivity contribution in [3.05, 3.63) is 40.2 Å². The van der Waals surface area contributed by atoms with Gasteiger partial charge in [0.1, 0.15) is 5.78 Å². The molecule has 0 aliphatic rings. The van der Waals surface area contributed by atoms with Gasteiger partial charge in [-0.05, 0) is 24.6 Å². The zero-order chi connectivity index (χ0) is 13.1. The number of carbonyl (C=O) groups is 1. The number of carbonyl (C=O) groups excluding carboxylic acids is 1. The van der Waals surface area contributed by atoms with Gasteiger partial charge in [-0.1, -0.05) is 0 Å². The summed E-state index contributed by atoms with van der Waals surface area (Å²) in [5, 5.41) is 11.1. The van der Waals surface area contributed by atoms with Crippen LogP contribution in [0.4, 0.5) is 0 Å². The van der Waals surface area contributed by atoms with Gasteiger partial charge in [0.15, 0.2) is 0 Å². The van der Waals surface area contributed by atoms with Crippen molar-refractivity contribution >= 4 is 5.78 Å². The SMILES string of the molecule is CC(=O)C[C@H](c1ccncc1)C(C)(C)[N+](=O)[O-]. The van der Waals surface area contributed by atoms with Crippen molar-refractivity contribution < 1.29 is 9.72 Å². The highest BCUT2D eigenvalue weighted by Gasteiger charge is 2.42. The van der Waals surface area contributed by atoms with Gasteiger partial charge < -0.3 is 4.79 Å². The Morgan fingerprint density at radius 3 is 2.41 bits per heavy atom. The topological polar surface area (TPSA) is 73.1 Å². The third-order valence-electron chi connectivity index (χ3n) is 2.92. The average molecular weight is 236 g/mol. The summed E-state index contributed by atoms with van der Waals surface area (Å²) in [7, 11) is 0. The van der Waals surface area contributed by atoms with Crippen LogP contribution in [-0.4, -0.2) is 21.2 Å². The Labute approximate surface area is 100 Å². The molecule has 1 rings (SSSR count). The number of hydrogen-bond acceptors (Lipinski definition) is 4. The monoisotopic (exact) mass is 236 g/mol. The van der Waals surface area contributed by atoms with E-state index in [2.05, 4.69) is 4.98 Å². The lowest BCUT2D eigenvalue weighted by Crippen LogP contribution is -2.39. The van der Waals surface area contributed by atoms with Gasteiger partial charge in [0, 0.05) is 37.6 Å². The normalized spacial score (nSPS) is 13.1. The van der Waals surface area contributed by atoms with Crippen LogP contribution >= 0.6 is 0 Å². The number of rotatable bonds is 5. The van der Waals surface area contributed by atoms with Gasteiger partial charge in [-0.15, -0.1) is 0 Å². The van der Waals surface area contributed by atoms with E-state index in [0.717, 1.165) is 5.56 Å². The minimum absolute atomic E-state index is 0.0539. The smallest absolute Gasteiger partial charge is 0.223 e. The Balaban J connectivity index is 3.13. The number of hydrogen-bond donors (Lipinski definition) is 0. The van der Waals surface area contributed by atoms with Crippen LogP contribution in [0.2, 0.25) is 0 Å². The third kappa shape index (κ3) is 3.09. The second-order valence-electron chi connectivity index (χ2n) is 4.65. The summed E-state index contributed by atoms with van der Waals surface area (Å²) in [6, 6.07) is 3.44. The molecule has 17 heavy (non-hydrogen) atoms. The molecule has 5 nitrogen and oxygen atoms in total. The van der Waals surface area contributed by atoms with Gasteiger partial charge >= 0.3 is 0 Å². The molecule has 0 spiro atoms. The molecule has 0 aromatic carbocycles. The Morgan fingerprint density at radius 1 is 1.47 bits per heavy atom. The summed E-state index contributed by atoms with van der Waals surface area (Å²) >= 11 is 0. The van der Waals surface area contributed by atoms with Crippen LogP contribution in [0.3, 0.4) is 0 Å². The van der Waals surface area contributed by atoms with E-state index in [1.807, 2.05) is 0 Å². The molecule has 0 fully saturated rings. The highest BCUT2D eigenvalue weighted by molar-refractivity contribution is 5.76. The summed E-state index contributed by atoms with van der Waals surface area (Å²) in [5.74, 6) is -0.486. The fourth-order valence-electron chi connectivity index (χ4n) is 1.79. The van der Waals surface area contributed by atoms with Gasteiger partial charge in [-0.25, -0.2) is 0 Å². The van der Waals surface area contributed by atoms with Gasteiger partial charge in [0.05, 0.1) is 5.92 Å². The Hall–Kier alpha value is -1.78. The van der Waals surface area contributed by atoms with Crippen molar-refractivity contribution in [1.29, 1.82) is 0 Å². The summed E-state index contributed by atoms with van der Waals surface area (Å²) in [5.41, 5.74) is -0.399. The second-order valence-corrected chi connectivity index (χ2v) is 4.65. The van der Waals surface area contributed by atoms with Crippen LogP contribution in [0.15, 0.2) is 24.5 Å². The standard InChI is InChI=1S/C12H16N2O3/c1-9(15)8-11(12(2,3)14(16)17)10-4-6-13-7-5-10/h4-7,11H,8H2,1-3H3/t11-/m1/s1. The van der Waals surface area contributed by atoms with Crippen LogP contribution < -0.4 is 0 Å². The molecule has 1 atom stereocenters. The van der Waals surface area contributed by atoms with Crippen molar-refractivity contribution in [2.75, 3.05) is 0 Å². The van der Waals surface area contributed by atoms with E-state index in [9.17, 15) is 14.9 Å². The number of ketones is 1. The van der Waals surface area contributed by atoms with E-state index >= 15 is 0 Å². The molecular weight excluding hydrogens is 220 g/mol. The van der Waals surface area contributed by atoms with Crippen molar-refractivity contribution in [3.63, 3.8) is 0 Å². The average Bonchev–Trinajstić information content (AvgIpc) is 2.26. The van der Waals surface area contributed by atoms with Crippen LogP contribution in [0.25, 0.3) is 0 Å². The summed E-state index contributed by atoms with van der Waals surface area (Å²) in [6.07, 6.45) is 3.33. The van der Waals surface area contributed by atoms with Crippen molar-refractivity contribution in [3.8, 4) is 0 Å². The predicted octanol–water partition coefficient (Wildman–Crippen LogP) is 2.20. The Bertz CT molecular complexity index is 415. The molecule has 0 unspecified atom stereocenters. The molecule has 0 N–H and O–H groups in total. The first-order valence-electron chi connectivity index (χ1n) is 5.39. The quantitative estimate of drug-likeness (QED) is 0.580. The zero-order valence-electron chi connectivity index (χ0n) is 10.2. The summed E-state index contributed by atoms with van der Waals surface area (Å²) < 4.78 is 0. The lowest BCUT2D eigenvalue weighted by atomic mass is 9.79. The molecule has 1 heterocycles. The van der Waals surface area contributed by atoms with Crippen molar-refractivity contribution in [2.45, 2.75) is 38.6 Å². The molecular formula is C12H16N2O3. The van der Waals surface area contributed by atoms with Gasteiger partial charge in [0.25, 0.3) is 0 Å². The minimum Gasteiger partial charge on any atom is -0.300 e. The maximum atomic E-state index is 11.3. The largest absolute Gasteiger partial charge is 0.300 e. The second kappa shape index (κ2) is 5.03. The fraction of sp³-hybridized carbons (Fsp3) is 0.500. The van der Waals surface area contributed by atoms with E-state index in [-0.39, 0.29) is 17.1 Å². The summed E-state index contributed by atoms with van der Waals surface area (Å²) in [6.45, 7) is 4.53. The van der Waals surface area contributed by atoms with Crippen LogP contribution in [0, 0.1) is 10.1 Å². The molecule has 0 bridgehead atoms. The van der Waals surface area contributed by atoms with Gasteiger partial charge in [0.2, 0.25) is 5.54 Å². The fourth-order valence-corrected chi connectivity index (χ4v) is 1.79. The van der Waals surface area contributed by atoms with E-state index in [1.165, 1.54) is 6.92 Å². The van der Waals surface area contributed by atoms with E-state index in [1.54, 1.807) is 38.4 Å². The van der Waals surface area contributed by atoms with E-state index in [4.69, 9.17) is 0 Å². The number of pyridine rings is 1. The number of aromatic nitrogens is 1. The predicted molar refractivity (Wildman–Crippen MR) is 63.3 cm³/mol. The lowest BCUT2D eigenvalue weighted by Gasteiger charge is -2.26. The van der Waals surface area contributed by atoms with Gasteiger partial charge in [-0.2, -0.15) is 0 Å². The molecule has 1 aromatic rings. The number of Topliss-reactive ketones (excluding diaryl/α,β-unsaturated/α-hetero) is 1. The summed E-state index contributed by atoms with van der Waals surface area (Å²) in [4.78, 5) is 25.9. The maximum absolute atomic E-state index is 11.3. The third-order valence-corrected chi connectivity index (χ3v) is 2.92. The molecule has 0 aliphatic carbocycles. The first kappa shape index (κ1) is 13.3. The first-order chi connectivity index (χ1) is 7.85. The highest BCUT2D eigenvalue weighted by Crippen LogP contribution is 2.33. The molecule has 92 valence electrons. The van der Waals surface area contributed by atoms with Crippen LogP contribution in [-0.2, 0) is 4.79 Å². The van der Waals surface area contributed by atoms with E-state index in [0.29, 0.717) is 0 Å². The number of nitrogens with zero attached hydrogens (tertiary/aromatic N) is 2. The Kier molecular flexibility index (Phi) is 3.93. The number of nitro groups is 1. The molecule has 1 aromatic heterocycles. The first-order valence-corrected chi connectivity index (χ1v) is 5.39.